The fourth-order valence-electron chi connectivity index (χ4n) is 1.79. The highest BCUT2D eigenvalue weighted by molar-refractivity contribution is 5.44. The molecule has 70 valence electrons. The lowest BCUT2D eigenvalue weighted by Crippen LogP contribution is -2.18. The van der Waals surface area contributed by atoms with E-state index in [9.17, 15) is 0 Å². The summed E-state index contributed by atoms with van der Waals surface area (Å²) in [6, 6.07) is 6.53. The summed E-state index contributed by atoms with van der Waals surface area (Å²) < 4.78 is 5.57. The molecule has 0 saturated heterocycles. The zero-order chi connectivity index (χ0) is 9.26. The van der Waals surface area contributed by atoms with Gasteiger partial charge in [-0.05, 0) is 24.5 Å². The molecule has 2 rings (SSSR count). The summed E-state index contributed by atoms with van der Waals surface area (Å²) in [5.74, 6) is 1.08. The monoisotopic (exact) mass is 177 g/mol. The Morgan fingerprint density at radius 2 is 2.38 bits per heavy atom. The molecule has 0 fully saturated rings. The van der Waals surface area contributed by atoms with E-state index in [-0.39, 0.29) is 6.04 Å². The van der Waals surface area contributed by atoms with Crippen LogP contribution >= 0.6 is 0 Å². The first-order valence-corrected chi connectivity index (χ1v) is 4.76. The second-order valence-electron chi connectivity index (χ2n) is 3.69. The molecule has 0 saturated carbocycles. The van der Waals surface area contributed by atoms with Crippen LogP contribution in [0.15, 0.2) is 18.2 Å². The van der Waals surface area contributed by atoms with Crippen LogP contribution in [0.5, 0.6) is 5.75 Å². The zero-order valence-electron chi connectivity index (χ0n) is 7.92. The Morgan fingerprint density at radius 1 is 1.54 bits per heavy atom. The van der Waals surface area contributed by atoms with Crippen LogP contribution in [-0.4, -0.2) is 12.6 Å². The number of hydrogen-bond donors (Lipinski definition) is 1. The number of ether oxygens (including phenoxy) is 1. The summed E-state index contributed by atoms with van der Waals surface area (Å²) in [4.78, 5) is 0. The Balaban J connectivity index is 2.30. The number of rotatable bonds is 2. The fraction of sp³-hybridized carbons (Fsp3) is 0.455. The molecule has 2 nitrogen and oxygen atoms in total. The third-order valence-electron chi connectivity index (χ3n) is 2.34. The van der Waals surface area contributed by atoms with Gasteiger partial charge in [-0.15, -0.1) is 0 Å². The maximum Gasteiger partial charge on any atom is 0.125 e. The van der Waals surface area contributed by atoms with E-state index in [0.29, 0.717) is 0 Å². The Kier molecular flexibility index (Phi) is 2.23. The molecule has 0 unspecified atom stereocenters. The standard InChI is InChI=1S/C11H15NO/c1-8(12)7-10-4-2-3-9-5-6-13-11(9)10/h2-4,8H,5-7,12H2,1H3/t8-/m0/s1. The summed E-state index contributed by atoms with van der Waals surface area (Å²) in [6.45, 7) is 2.85. The van der Waals surface area contributed by atoms with E-state index in [0.717, 1.165) is 25.2 Å². The van der Waals surface area contributed by atoms with Gasteiger partial charge in [0.25, 0.3) is 0 Å². The van der Waals surface area contributed by atoms with E-state index in [2.05, 4.69) is 18.2 Å². The van der Waals surface area contributed by atoms with Crippen LogP contribution < -0.4 is 10.5 Å². The fourth-order valence-corrected chi connectivity index (χ4v) is 1.79. The maximum absolute atomic E-state index is 5.76. The number of nitrogens with two attached hydrogens (primary N) is 1. The lowest BCUT2D eigenvalue weighted by Gasteiger charge is -2.09. The maximum atomic E-state index is 5.76. The highest BCUT2D eigenvalue weighted by atomic mass is 16.5. The van der Waals surface area contributed by atoms with Crippen LogP contribution in [0, 0.1) is 0 Å². The molecule has 2 N–H and O–H groups in total. The third kappa shape index (κ3) is 1.68. The molecule has 0 aromatic heterocycles. The van der Waals surface area contributed by atoms with Crippen LogP contribution in [-0.2, 0) is 12.8 Å². The van der Waals surface area contributed by atoms with Crippen LogP contribution in [0.1, 0.15) is 18.1 Å². The van der Waals surface area contributed by atoms with Gasteiger partial charge in [0.1, 0.15) is 5.75 Å². The number of para-hydroxylation sites is 1. The molecule has 1 aromatic carbocycles. The molecule has 1 heterocycles. The van der Waals surface area contributed by atoms with Crippen molar-refractivity contribution in [3.8, 4) is 5.75 Å². The molecule has 1 aromatic rings. The van der Waals surface area contributed by atoms with E-state index in [1.165, 1.54) is 11.1 Å². The van der Waals surface area contributed by atoms with Crippen molar-refractivity contribution in [2.24, 2.45) is 5.73 Å². The van der Waals surface area contributed by atoms with Gasteiger partial charge in [-0.2, -0.15) is 0 Å². The van der Waals surface area contributed by atoms with Crippen molar-refractivity contribution in [2.45, 2.75) is 25.8 Å². The van der Waals surface area contributed by atoms with Gasteiger partial charge in [0, 0.05) is 12.5 Å². The minimum Gasteiger partial charge on any atom is -0.493 e. The highest BCUT2D eigenvalue weighted by Gasteiger charge is 2.15. The van der Waals surface area contributed by atoms with Crippen molar-refractivity contribution in [1.29, 1.82) is 0 Å². The van der Waals surface area contributed by atoms with E-state index in [1.807, 2.05) is 6.92 Å². The zero-order valence-corrected chi connectivity index (χ0v) is 7.92. The van der Waals surface area contributed by atoms with Crippen LogP contribution in [0.4, 0.5) is 0 Å². The SMILES string of the molecule is C[C@H](N)Cc1cccc2c1OCC2. The van der Waals surface area contributed by atoms with Crippen LogP contribution in [0.2, 0.25) is 0 Å². The molecule has 0 amide bonds. The van der Waals surface area contributed by atoms with Gasteiger partial charge < -0.3 is 10.5 Å². The molecule has 0 radical (unpaired) electrons. The Labute approximate surface area is 78.7 Å². The number of hydrogen-bond acceptors (Lipinski definition) is 2. The molecular formula is C11H15NO. The molecule has 1 aliphatic rings. The van der Waals surface area contributed by atoms with Gasteiger partial charge in [-0.25, -0.2) is 0 Å². The summed E-state index contributed by atoms with van der Waals surface area (Å²) in [5, 5.41) is 0. The minimum absolute atomic E-state index is 0.204. The van der Waals surface area contributed by atoms with Crippen LogP contribution in [0.25, 0.3) is 0 Å². The summed E-state index contributed by atoms with van der Waals surface area (Å²) in [5.41, 5.74) is 8.35. The highest BCUT2D eigenvalue weighted by Crippen LogP contribution is 2.29. The molecule has 0 aliphatic carbocycles. The summed E-state index contributed by atoms with van der Waals surface area (Å²) >= 11 is 0. The van der Waals surface area contributed by atoms with Gasteiger partial charge in [-0.1, -0.05) is 18.2 Å². The molecular weight excluding hydrogens is 162 g/mol. The van der Waals surface area contributed by atoms with Gasteiger partial charge in [0.2, 0.25) is 0 Å². The molecule has 0 spiro atoms. The van der Waals surface area contributed by atoms with Gasteiger partial charge in [-0.3, -0.25) is 0 Å². The van der Waals surface area contributed by atoms with Crippen molar-refractivity contribution in [3.63, 3.8) is 0 Å². The summed E-state index contributed by atoms with van der Waals surface area (Å²) in [6.07, 6.45) is 1.95. The largest absolute Gasteiger partial charge is 0.493 e. The Hall–Kier alpha value is -1.02. The van der Waals surface area contributed by atoms with Crippen molar-refractivity contribution in [1.82, 2.24) is 0 Å². The molecule has 2 heteroatoms. The number of benzene rings is 1. The van der Waals surface area contributed by atoms with Gasteiger partial charge >= 0.3 is 0 Å². The smallest absolute Gasteiger partial charge is 0.125 e. The van der Waals surface area contributed by atoms with E-state index >= 15 is 0 Å². The van der Waals surface area contributed by atoms with E-state index in [4.69, 9.17) is 10.5 Å². The summed E-state index contributed by atoms with van der Waals surface area (Å²) in [7, 11) is 0. The second-order valence-corrected chi connectivity index (χ2v) is 3.69. The lowest BCUT2D eigenvalue weighted by molar-refractivity contribution is 0.352. The Bertz CT molecular complexity index is 307. The second kappa shape index (κ2) is 3.38. The predicted octanol–water partition coefficient (Wildman–Crippen LogP) is 1.51. The van der Waals surface area contributed by atoms with Crippen LogP contribution in [0.3, 0.4) is 0 Å². The first-order valence-electron chi connectivity index (χ1n) is 4.76. The lowest BCUT2D eigenvalue weighted by atomic mass is 10.0. The van der Waals surface area contributed by atoms with Crippen molar-refractivity contribution in [2.75, 3.05) is 6.61 Å². The number of fused-ring (bicyclic) bond motifs is 1. The van der Waals surface area contributed by atoms with E-state index in [1.54, 1.807) is 0 Å². The van der Waals surface area contributed by atoms with Gasteiger partial charge in [0.05, 0.1) is 6.61 Å². The predicted molar refractivity (Wildman–Crippen MR) is 53.0 cm³/mol. The first kappa shape index (κ1) is 8.57. The quantitative estimate of drug-likeness (QED) is 0.743. The minimum atomic E-state index is 0.204. The third-order valence-corrected chi connectivity index (χ3v) is 2.34. The van der Waals surface area contributed by atoms with Crippen molar-refractivity contribution < 1.29 is 4.74 Å². The Morgan fingerprint density at radius 3 is 3.15 bits per heavy atom. The van der Waals surface area contributed by atoms with Gasteiger partial charge in [0.15, 0.2) is 0 Å². The molecule has 0 bridgehead atoms. The average Bonchev–Trinajstić information content (AvgIpc) is 2.51. The first-order chi connectivity index (χ1) is 6.27. The van der Waals surface area contributed by atoms with Crippen molar-refractivity contribution in [3.05, 3.63) is 29.3 Å². The normalized spacial score (nSPS) is 16.5. The molecule has 1 aliphatic heterocycles. The average molecular weight is 177 g/mol. The molecule has 1 atom stereocenters. The van der Waals surface area contributed by atoms with Crippen molar-refractivity contribution >= 4 is 0 Å². The van der Waals surface area contributed by atoms with E-state index < -0.39 is 0 Å². The molecule has 13 heavy (non-hydrogen) atoms. The topological polar surface area (TPSA) is 35.2 Å².